The van der Waals surface area contributed by atoms with E-state index in [0.717, 1.165) is 0 Å². The Morgan fingerprint density at radius 2 is 1.68 bits per heavy atom. The highest BCUT2D eigenvalue weighted by Crippen LogP contribution is 2.23. The topological polar surface area (TPSA) is 80.7 Å². The molecule has 0 aromatic heterocycles. The van der Waals surface area contributed by atoms with Crippen LogP contribution in [-0.4, -0.2) is 34.9 Å². The normalized spacial score (nSPS) is 38.9. The van der Waals surface area contributed by atoms with Crippen molar-refractivity contribution in [3.63, 3.8) is 0 Å². The molecule has 5 nitrogen and oxygen atoms in total. The van der Waals surface area contributed by atoms with Gasteiger partial charge in [0.15, 0.2) is 5.78 Å². The third kappa shape index (κ3) is 6.58. The van der Waals surface area contributed by atoms with Gasteiger partial charge in [-0.3, -0.25) is 14.4 Å². The van der Waals surface area contributed by atoms with Crippen LogP contribution in [0.1, 0.15) is 47.5 Å². The van der Waals surface area contributed by atoms with Crippen LogP contribution in [0.5, 0.6) is 0 Å². The highest BCUT2D eigenvalue weighted by Gasteiger charge is 2.30. The van der Waals surface area contributed by atoms with Crippen molar-refractivity contribution in [1.82, 2.24) is 0 Å². The molecule has 1 N–H and O–H groups in total. The number of ether oxygens (including phenoxy) is 1. The number of rotatable bonds is 0. The van der Waals surface area contributed by atoms with E-state index in [9.17, 15) is 19.5 Å². The van der Waals surface area contributed by atoms with Gasteiger partial charge in [-0.1, -0.05) is 45.9 Å². The van der Waals surface area contributed by atoms with Crippen LogP contribution in [0.2, 0.25) is 0 Å². The van der Waals surface area contributed by atoms with Gasteiger partial charge >= 0.3 is 5.97 Å². The zero-order chi connectivity index (χ0) is 19.1. The van der Waals surface area contributed by atoms with Gasteiger partial charge in [0.25, 0.3) is 0 Å². The first-order valence-corrected chi connectivity index (χ1v) is 8.92. The summed E-state index contributed by atoms with van der Waals surface area (Å²) < 4.78 is 5.30. The summed E-state index contributed by atoms with van der Waals surface area (Å²) in [6, 6.07) is 0. The minimum absolute atomic E-state index is 0.0121. The van der Waals surface area contributed by atoms with E-state index in [0.29, 0.717) is 6.42 Å². The van der Waals surface area contributed by atoms with Crippen molar-refractivity contribution in [3.8, 4) is 0 Å². The number of hydrogen-bond donors (Lipinski definition) is 1. The summed E-state index contributed by atoms with van der Waals surface area (Å²) >= 11 is 0. The average Bonchev–Trinajstić information content (AvgIpc) is 2.55. The van der Waals surface area contributed by atoms with E-state index in [1.165, 1.54) is 6.08 Å². The van der Waals surface area contributed by atoms with Crippen LogP contribution in [-0.2, 0) is 19.1 Å². The predicted octanol–water partition coefficient (Wildman–Crippen LogP) is 2.87. The molecule has 0 saturated heterocycles. The van der Waals surface area contributed by atoms with Gasteiger partial charge in [0.1, 0.15) is 18.3 Å². The minimum atomic E-state index is -0.899. The smallest absolute Gasteiger partial charge is 0.313 e. The molecule has 0 bridgehead atoms. The Balaban J connectivity index is 3.01. The molecule has 0 unspecified atom stereocenters. The van der Waals surface area contributed by atoms with E-state index < -0.39 is 18.0 Å². The number of hydrogen-bond acceptors (Lipinski definition) is 5. The first kappa shape index (κ1) is 21.3. The summed E-state index contributed by atoms with van der Waals surface area (Å²) in [5.74, 6) is -2.13. The van der Waals surface area contributed by atoms with Gasteiger partial charge in [0.05, 0.1) is 6.10 Å². The quantitative estimate of drug-likeness (QED) is 0.537. The molecule has 1 rings (SSSR count). The maximum atomic E-state index is 12.3. The molecule has 0 aliphatic carbocycles. The molecule has 0 spiro atoms. The van der Waals surface area contributed by atoms with E-state index in [1.54, 1.807) is 26.0 Å². The lowest BCUT2D eigenvalue weighted by atomic mass is 9.83. The van der Waals surface area contributed by atoms with Gasteiger partial charge in [-0.15, -0.1) is 0 Å². The standard InChI is InChI=1S/C20H30O5/c1-12-8-6-7-9-17(21)13(2)10-14(3)20(24)15(4)18(22)11-19(23)25-16(12)5/h6-9,12-16,20,24H,10-11H2,1-5H3/b8-6+,9-7+/t12-,13+,14-,15-,16+,20-/m0/s1. The van der Waals surface area contributed by atoms with E-state index in [1.807, 2.05) is 26.8 Å². The lowest BCUT2D eigenvalue weighted by molar-refractivity contribution is -0.152. The van der Waals surface area contributed by atoms with Crippen LogP contribution in [0.15, 0.2) is 24.3 Å². The fourth-order valence-corrected chi connectivity index (χ4v) is 2.87. The highest BCUT2D eigenvalue weighted by atomic mass is 16.5. The van der Waals surface area contributed by atoms with Crippen molar-refractivity contribution in [2.24, 2.45) is 23.7 Å². The molecule has 5 heteroatoms. The first-order valence-electron chi connectivity index (χ1n) is 8.92. The van der Waals surface area contributed by atoms with Crippen molar-refractivity contribution in [2.75, 3.05) is 0 Å². The van der Waals surface area contributed by atoms with Gasteiger partial charge in [-0.25, -0.2) is 0 Å². The van der Waals surface area contributed by atoms with Crippen LogP contribution in [0.4, 0.5) is 0 Å². The SMILES string of the molecule is C[C@@H]1C[C@H](C)[C@H](O)[C@@H](C)C(=O)CC(=O)O[C@H](C)[C@@H](C)/C=C/C=C/C1=O. The number of carbonyl (C=O) groups excluding carboxylic acids is 3. The van der Waals surface area contributed by atoms with Crippen molar-refractivity contribution in [1.29, 1.82) is 0 Å². The second-order valence-electron chi connectivity index (χ2n) is 7.24. The molecule has 25 heavy (non-hydrogen) atoms. The minimum Gasteiger partial charge on any atom is -0.462 e. The summed E-state index contributed by atoms with van der Waals surface area (Å²) in [5, 5.41) is 10.4. The van der Waals surface area contributed by atoms with Crippen LogP contribution in [0.3, 0.4) is 0 Å². The lowest BCUT2D eigenvalue weighted by Crippen LogP contribution is -2.34. The third-order valence-electron chi connectivity index (χ3n) is 4.98. The van der Waals surface area contributed by atoms with Crippen LogP contribution in [0.25, 0.3) is 0 Å². The van der Waals surface area contributed by atoms with Gasteiger partial charge < -0.3 is 9.84 Å². The molecule has 0 radical (unpaired) electrons. The summed E-state index contributed by atoms with van der Waals surface area (Å²) in [6.07, 6.45) is 5.67. The average molecular weight is 350 g/mol. The molecular formula is C20H30O5. The van der Waals surface area contributed by atoms with Crippen molar-refractivity contribution < 1.29 is 24.2 Å². The van der Waals surface area contributed by atoms with Gasteiger partial charge in [-0.2, -0.15) is 0 Å². The maximum absolute atomic E-state index is 12.3. The summed E-state index contributed by atoms with van der Waals surface area (Å²) in [4.78, 5) is 36.4. The predicted molar refractivity (Wildman–Crippen MR) is 95.7 cm³/mol. The second-order valence-corrected chi connectivity index (χ2v) is 7.24. The third-order valence-corrected chi connectivity index (χ3v) is 4.98. The number of aliphatic hydroxyl groups excluding tert-OH is 1. The zero-order valence-electron chi connectivity index (χ0n) is 15.8. The molecular weight excluding hydrogens is 320 g/mol. The number of carbonyl (C=O) groups is 3. The molecule has 140 valence electrons. The van der Waals surface area contributed by atoms with Crippen LogP contribution >= 0.6 is 0 Å². The zero-order valence-corrected chi connectivity index (χ0v) is 15.8. The lowest BCUT2D eigenvalue weighted by Gasteiger charge is -2.26. The Morgan fingerprint density at radius 3 is 2.32 bits per heavy atom. The van der Waals surface area contributed by atoms with Crippen molar-refractivity contribution in [2.45, 2.75) is 59.7 Å². The largest absolute Gasteiger partial charge is 0.462 e. The molecule has 0 aromatic rings. The molecule has 1 aliphatic rings. The van der Waals surface area contributed by atoms with Crippen LogP contribution in [0, 0.1) is 23.7 Å². The molecule has 0 saturated carbocycles. The number of esters is 1. The van der Waals surface area contributed by atoms with E-state index >= 15 is 0 Å². The molecule has 0 amide bonds. The Kier molecular flexibility index (Phi) is 8.23. The molecule has 1 heterocycles. The maximum Gasteiger partial charge on any atom is 0.313 e. The number of allylic oxidation sites excluding steroid dienone is 3. The Bertz CT molecular complexity index is 548. The highest BCUT2D eigenvalue weighted by molar-refractivity contribution is 5.97. The second kappa shape index (κ2) is 9.66. The Labute approximate surface area is 150 Å². The van der Waals surface area contributed by atoms with Gasteiger partial charge in [0.2, 0.25) is 0 Å². The number of ketones is 2. The fraction of sp³-hybridized carbons (Fsp3) is 0.650. The summed E-state index contributed by atoms with van der Waals surface area (Å²) in [7, 11) is 0. The first-order chi connectivity index (χ1) is 11.6. The monoisotopic (exact) mass is 350 g/mol. The molecule has 6 atom stereocenters. The van der Waals surface area contributed by atoms with Crippen LogP contribution < -0.4 is 0 Å². The van der Waals surface area contributed by atoms with E-state index in [-0.39, 0.29) is 41.8 Å². The Morgan fingerprint density at radius 1 is 1.04 bits per heavy atom. The van der Waals surface area contributed by atoms with Gasteiger partial charge in [-0.05, 0) is 25.3 Å². The summed E-state index contributed by atoms with van der Waals surface area (Å²) in [6.45, 7) is 8.90. The molecule has 1 aliphatic heterocycles. The number of cyclic esters (lactones) is 1. The molecule has 0 aromatic carbocycles. The number of Topliss-reactive ketones (excluding diaryl/α,β-unsaturated/α-hetero) is 1. The summed E-state index contributed by atoms with van der Waals surface area (Å²) in [5.41, 5.74) is 0. The van der Waals surface area contributed by atoms with Gasteiger partial charge in [0, 0.05) is 17.8 Å². The van der Waals surface area contributed by atoms with Crippen molar-refractivity contribution >= 4 is 17.5 Å². The van der Waals surface area contributed by atoms with Crippen molar-refractivity contribution in [3.05, 3.63) is 24.3 Å². The van der Waals surface area contributed by atoms with E-state index in [2.05, 4.69) is 0 Å². The number of aliphatic hydroxyl groups is 1. The Hall–Kier alpha value is -1.75. The molecule has 0 fully saturated rings. The van der Waals surface area contributed by atoms with E-state index in [4.69, 9.17) is 4.74 Å². The fourth-order valence-electron chi connectivity index (χ4n) is 2.87.